The fraction of sp³-hybridized carbons (Fsp3) is 0.0588. The highest BCUT2D eigenvalue weighted by atomic mass is 32.2. The number of aryl methyl sites for hydroxylation is 1. The van der Waals surface area contributed by atoms with Gasteiger partial charge in [0.25, 0.3) is 5.91 Å². The van der Waals surface area contributed by atoms with Gasteiger partial charge in [0.05, 0.1) is 10.6 Å². The molecule has 0 saturated carbocycles. The van der Waals surface area contributed by atoms with Crippen molar-refractivity contribution in [3.63, 3.8) is 0 Å². The van der Waals surface area contributed by atoms with Crippen molar-refractivity contribution >= 4 is 34.6 Å². The second kappa shape index (κ2) is 5.77. The van der Waals surface area contributed by atoms with Crippen LogP contribution in [0.4, 0.5) is 10.1 Å². The monoisotopic (exact) mass is 312 g/mol. The third-order valence-corrected chi connectivity index (χ3v) is 4.26. The van der Waals surface area contributed by atoms with Gasteiger partial charge in [0.2, 0.25) is 0 Å². The summed E-state index contributed by atoms with van der Waals surface area (Å²) in [5.74, 6) is -0.683. The van der Waals surface area contributed by atoms with Crippen LogP contribution < -0.4 is 4.90 Å². The SMILES string of the molecule is Cc1ccccc1N1C(=N)S/C(=C\c2ccccc2F)C1=O. The predicted octanol–water partition coefficient (Wildman–Crippen LogP) is 4.19. The Morgan fingerprint density at radius 1 is 1.14 bits per heavy atom. The first kappa shape index (κ1) is 14.5. The molecule has 0 radical (unpaired) electrons. The Bertz CT molecular complexity index is 801. The molecular weight excluding hydrogens is 299 g/mol. The predicted molar refractivity (Wildman–Crippen MR) is 88.4 cm³/mol. The minimum absolute atomic E-state index is 0.127. The number of nitrogens with zero attached hydrogens (tertiary/aromatic N) is 1. The molecule has 1 amide bonds. The normalized spacial score (nSPS) is 16.6. The summed E-state index contributed by atoms with van der Waals surface area (Å²) in [6.07, 6.45) is 1.50. The number of hydrogen-bond acceptors (Lipinski definition) is 3. The number of anilines is 1. The van der Waals surface area contributed by atoms with Crippen molar-refractivity contribution in [2.75, 3.05) is 4.90 Å². The number of para-hydroxylation sites is 1. The lowest BCUT2D eigenvalue weighted by Crippen LogP contribution is -2.28. The summed E-state index contributed by atoms with van der Waals surface area (Å²) in [4.78, 5) is 14.3. The van der Waals surface area contributed by atoms with Crippen LogP contribution in [0.3, 0.4) is 0 Å². The average Bonchev–Trinajstić information content (AvgIpc) is 2.77. The van der Waals surface area contributed by atoms with E-state index in [0.29, 0.717) is 16.2 Å². The number of nitrogens with one attached hydrogen (secondary N) is 1. The molecular formula is C17H13FN2OS. The van der Waals surface area contributed by atoms with Gasteiger partial charge in [0, 0.05) is 5.56 Å². The Labute approximate surface area is 132 Å². The van der Waals surface area contributed by atoms with Crippen LogP contribution in [0.2, 0.25) is 0 Å². The Kier molecular flexibility index (Phi) is 3.81. The number of halogens is 1. The molecule has 22 heavy (non-hydrogen) atoms. The van der Waals surface area contributed by atoms with E-state index in [1.807, 2.05) is 25.1 Å². The summed E-state index contributed by atoms with van der Waals surface area (Å²) < 4.78 is 13.7. The molecule has 0 bridgehead atoms. The number of amidine groups is 1. The third kappa shape index (κ3) is 2.55. The van der Waals surface area contributed by atoms with Gasteiger partial charge < -0.3 is 0 Å². The van der Waals surface area contributed by atoms with Crippen LogP contribution in [0, 0.1) is 18.2 Å². The number of benzene rings is 2. The van der Waals surface area contributed by atoms with Gasteiger partial charge in [0.15, 0.2) is 5.17 Å². The largest absolute Gasteiger partial charge is 0.278 e. The van der Waals surface area contributed by atoms with Gasteiger partial charge >= 0.3 is 0 Å². The molecule has 3 nitrogen and oxygen atoms in total. The minimum atomic E-state index is -0.385. The third-order valence-electron chi connectivity index (χ3n) is 3.37. The van der Waals surface area contributed by atoms with Gasteiger partial charge in [-0.15, -0.1) is 0 Å². The fourth-order valence-corrected chi connectivity index (χ4v) is 3.10. The van der Waals surface area contributed by atoms with Gasteiger partial charge in [-0.25, -0.2) is 4.39 Å². The van der Waals surface area contributed by atoms with Gasteiger partial charge in [-0.1, -0.05) is 36.4 Å². The lowest BCUT2D eigenvalue weighted by molar-refractivity contribution is -0.113. The van der Waals surface area contributed by atoms with E-state index in [1.165, 1.54) is 17.0 Å². The molecule has 1 aliphatic heterocycles. The number of carbonyl (C=O) groups is 1. The highest BCUT2D eigenvalue weighted by Gasteiger charge is 2.34. The second-order valence-corrected chi connectivity index (χ2v) is 5.90. The van der Waals surface area contributed by atoms with Crippen LogP contribution in [0.1, 0.15) is 11.1 Å². The summed E-state index contributed by atoms with van der Waals surface area (Å²) in [5.41, 5.74) is 1.94. The van der Waals surface area contributed by atoms with E-state index in [2.05, 4.69) is 0 Å². The van der Waals surface area contributed by atoms with Crippen molar-refractivity contribution in [1.29, 1.82) is 5.41 Å². The molecule has 2 aromatic rings. The molecule has 5 heteroatoms. The molecule has 0 unspecified atom stereocenters. The smallest absolute Gasteiger partial charge is 0.271 e. The molecule has 1 saturated heterocycles. The molecule has 0 atom stereocenters. The second-order valence-electron chi connectivity index (χ2n) is 4.86. The average molecular weight is 312 g/mol. The zero-order valence-corrected chi connectivity index (χ0v) is 12.7. The maximum absolute atomic E-state index is 13.7. The van der Waals surface area contributed by atoms with E-state index in [0.717, 1.165) is 17.3 Å². The first-order valence-corrected chi connectivity index (χ1v) is 7.52. The summed E-state index contributed by atoms with van der Waals surface area (Å²) in [7, 11) is 0. The van der Waals surface area contributed by atoms with Crippen molar-refractivity contribution in [2.24, 2.45) is 0 Å². The maximum Gasteiger partial charge on any atom is 0.271 e. The Morgan fingerprint density at radius 2 is 1.82 bits per heavy atom. The fourth-order valence-electron chi connectivity index (χ4n) is 2.25. The lowest BCUT2D eigenvalue weighted by atomic mass is 10.1. The zero-order valence-electron chi connectivity index (χ0n) is 11.8. The van der Waals surface area contributed by atoms with Gasteiger partial charge in [-0.2, -0.15) is 0 Å². The molecule has 110 valence electrons. The van der Waals surface area contributed by atoms with E-state index in [4.69, 9.17) is 5.41 Å². The van der Waals surface area contributed by atoms with E-state index in [9.17, 15) is 9.18 Å². The van der Waals surface area contributed by atoms with Crippen molar-refractivity contribution in [1.82, 2.24) is 0 Å². The summed E-state index contributed by atoms with van der Waals surface area (Å²) >= 11 is 1.04. The number of hydrogen-bond donors (Lipinski definition) is 1. The molecule has 0 aromatic heterocycles. The van der Waals surface area contributed by atoms with Crippen LogP contribution in [-0.4, -0.2) is 11.1 Å². The lowest BCUT2D eigenvalue weighted by Gasteiger charge is -2.16. The summed E-state index contributed by atoms with van der Waals surface area (Å²) in [6, 6.07) is 13.7. The van der Waals surface area contributed by atoms with Crippen LogP contribution in [0.5, 0.6) is 0 Å². The highest BCUT2D eigenvalue weighted by Crippen LogP contribution is 2.36. The van der Waals surface area contributed by atoms with E-state index >= 15 is 0 Å². The van der Waals surface area contributed by atoms with Crippen molar-refractivity contribution in [3.8, 4) is 0 Å². The molecule has 0 spiro atoms. The van der Waals surface area contributed by atoms with Gasteiger partial charge in [-0.05, 0) is 42.5 Å². The Morgan fingerprint density at radius 3 is 2.55 bits per heavy atom. The number of rotatable bonds is 2. The molecule has 1 heterocycles. The minimum Gasteiger partial charge on any atom is -0.278 e. The Hall–Kier alpha value is -2.40. The molecule has 3 rings (SSSR count). The van der Waals surface area contributed by atoms with E-state index in [-0.39, 0.29) is 16.9 Å². The van der Waals surface area contributed by atoms with Crippen molar-refractivity contribution < 1.29 is 9.18 Å². The molecule has 1 fully saturated rings. The molecule has 0 aliphatic carbocycles. The van der Waals surface area contributed by atoms with Gasteiger partial charge in [-0.3, -0.25) is 15.1 Å². The summed E-state index contributed by atoms with van der Waals surface area (Å²) in [5, 5.41) is 8.18. The van der Waals surface area contributed by atoms with Crippen molar-refractivity contribution in [3.05, 3.63) is 70.4 Å². The number of thioether (sulfide) groups is 1. The van der Waals surface area contributed by atoms with Crippen LogP contribution >= 0.6 is 11.8 Å². The van der Waals surface area contributed by atoms with Crippen molar-refractivity contribution in [2.45, 2.75) is 6.92 Å². The highest BCUT2D eigenvalue weighted by molar-refractivity contribution is 8.19. The van der Waals surface area contributed by atoms with Crippen LogP contribution in [0.25, 0.3) is 6.08 Å². The topological polar surface area (TPSA) is 44.2 Å². The standard InChI is InChI=1S/C17H13FN2OS/c1-11-6-2-5-9-14(11)20-16(21)15(22-17(20)19)10-12-7-3-4-8-13(12)18/h2-10,19H,1H3/b15-10-,19-17?. The maximum atomic E-state index is 13.7. The van der Waals surface area contributed by atoms with Gasteiger partial charge in [0.1, 0.15) is 5.82 Å². The quantitative estimate of drug-likeness (QED) is 0.845. The Balaban J connectivity index is 1.99. The molecule has 1 aliphatic rings. The first-order valence-electron chi connectivity index (χ1n) is 6.70. The zero-order chi connectivity index (χ0) is 15.7. The number of carbonyl (C=O) groups excluding carboxylic acids is 1. The molecule has 2 aromatic carbocycles. The number of amides is 1. The van der Waals surface area contributed by atoms with E-state index < -0.39 is 0 Å². The molecule has 1 N–H and O–H groups in total. The van der Waals surface area contributed by atoms with E-state index in [1.54, 1.807) is 24.3 Å². The van der Waals surface area contributed by atoms with Crippen LogP contribution in [-0.2, 0) is 4.79 Å². The summed E-state index contributed by atoms with van der Waals surface area (Å²) in [6.45, 7) is 1.89. The van der Waals surface area contributed by atoms with Crippen LogP contribution in [0.15, 0.2) is 53.4 Å². The first-order chi connectivity index (χ1) is 10.6.